The molecule has 0 bridgehead atoms. The van der Waals surface area contributed by atoms with Crippen molar-refractivity contribution in [1.29, 1.82) is 0 Å². The monoisotopic (exact) mass is 389 g/mol. The Morgan fingerprint density at radius 3 is 2.61 bits per heavy atom. The number of nitrogens with zero attached hydrogens (tertiary/aromatic N) is 3. The van der Waals surface area contributed by atoms with Crippen molar-refractivity contribution in [2.24, 2.45) is 11.8 Å². The molecule has 6 heteroatoms. The molecule has 0 radical (unpaired) electrons. The quantitative estimate of drug-likeness (QED) is 0.758. The van der Waals surface area contributed by atoms with E-state index < -0.39 is 0 Å². The van der Waals surface area contributed by atoms with Gasteiger partial charge < -0.3 is 14.2 Å². The molecular formula is C22H35N3O3. The van der Waals surface area contributed by atoms with Crippen molar-refractivity contribution in [1.82, 2.24) is 15.0 Å². The highest BCUT2D eigenvalue weighted by molar-refractivity contribution is 5.76. The summed E-state index contributed by atoms with van der Waals surface area (Å²) in [5, 5.41) is 4.17. The molecule has 1 atom stereocenters. The molecule has 0 N–H and O–H groups in total. The molecule has 1 aromatic heterocycles. The highest BCUT2D eigenvalue weighted by atomic mass is 16.5. The Labute approximate surface area is 168 Å². The van der Waals surface area contributed by atoms with Crippen molar-refractivity contribution in [3.05, 3.63) is 11.7 Å². The maximum absolute atomic E-state index is 12.6. The Morgan fingerprint density at radius 1 is 1.18 bits per heavy atom. The van der Waals surface area contributed by atoms with Gasteiger partial charge in [-0.2, -0.15) is 4.98 Å². The lowest BCUT2D eigenvalue weighted by Crippen LogP contribution is -2.51. The fraction of sp³-hybridized carbons (Fsp3) is 0.864. The molecular weight excluding hydrogens is 354 g/mol. The molecule has 1 saturated carbocycles. The molecule has 2 saturated heterocycles. The van der Waals surface area contributed by atoms with Crippen LogP contribution in [-0.4, -0.2) is 46.2 Å². The van der Waals surface area contributed by atoms with Gasteiger partial charge in [-0.25, -0.2) is 0 Å². The summed E-state index contributed by atoms with van der Waals surface area (Å²) < 4.78 is 11.6. The first-order valence-electron chi connectivity index (χ1n) is 11.3. The van der Waals surface area contributed by atoms with Crippen LogP contribution in [0, 0.1) is 11.8 Å². The summed E-state index contributed by atoms with van der Waals surface area (Å²) in [7, 11) is 0. The largest absolute Gasteiger partial charge is 0.375 e. The number of aromatic nitrogens is 2. The highest BCUT2D eigenvalue weighted by Crippen LogP contribution is 2.39. The molecule has 2 aliphatic heterocycles. The number of likely N-dealkylation sites (tertiary alicyclic amines) is 1. The average Bonchev–Trinajstić information content (AvgIpc) is 3.34. The number of hydrogen-bond acceptors (Lipinski definition) is 5. The molecule has 28 heavy (non-hydrogen) atoms. The summed E-state index contributed by atoms with van der Waals surface area (Å²) in [5.74, 6) is 3.35. The lowest BCUT2D eigenvalue weighted by molar-refractivity contribution is -0.147. The standard InChI is InChI=1S/C22H35N3O3/c1-16(2)21-23-19(24-28-21)13-18-7-12-27-22(15-18)8-10-25(11-9-22)20(26)14-17-5-3-4-6-17/h16-18H,3-15H2,1-2H3. The molecule has 3 aliphatic rings. The van der Waals surface area contributed by atoms with Gasteiger partial charge in [-0.05, 0) is 50.4 Å². The van der Waals surface area contributed by atoms with Crippen molar-refractivity contribution in [3.8, 4) is 0 Å². The van der Waals surface area contributed by atoms with Crippen LogP contribution in [0.2, 0.25) is 0 Å². The second-order valence-corrected chi connectivity index (χ2v) is 9.53. The Hall–Kier alpha value is -1.43. The smallest absolute Gasteiger partial charge is 0.229 e. The van der Waals surface area contributed by atoms with Crippen LogP contribution in [0.25, 0.3) is 0 Å². The molecule has 1 amide bonds. The average molecular weight is 390 g/mol. The Balaban J connectivity index is 1.28. The molecule has 6 nitrogen and oxygen atoms in total. The molecule has 1 spiro atoms. The maximum atomic E-state index is 12.6. The highest BCUT2D eigenvalue weighted by Gasteiger charge is 2.41. The van der Waals surface area contributed by atoms with Crippen LogP contribution in [0.1, 0.15) is 89.3 Å². The zero-order chi connectivity index (χ0) is 19.6. The van der Waals surface area contributed by atoms with E-state index in [9.17, 15) is 4.79 Å². The molecule has 1 unspecified atom stereocenters. The Morgan fingerprint density at radius 2 is 1.93 bits per heavy atom. The van der Waals surface area contributed by atoms with E-state index in [1.165, 1.54) is 25.7 Å². The van der Waals surface area contributed by atoms with Crippen LogP contribution in [0.15, 0.2) is 4.52 Å². The second-order valence-electron chi connectivity index (χ2n) is 9.53. The van der Waals surface area contributed by atoms with Gasteiger partial charge in [-0.1, -0.05) is 31.8 Å². The van der Waals surface area contributed by atoms with Crippen LogP contribution in [0.3, 0.4) is 0 Å². The van der Waals surface area contributed by atoms with Crippen molar-refractivity contribution < 1.29 is 14.1 Å². The zero-order valence-corrected chi connectivity index (χ0v) is 17.5. The van der Waals surface area contributed by atoms with Crippen LogP contribution in [0.4, 0.5) is 0 Å². The fourth-order valence-corrected chi connectivity index (χ4v) is 5.25. The van der Waals surface area contributed by atoms with Crippen LogP contribution >= 0.6 is 0 Å². The summed E-state index contributed by atoms with van der Waals surface area (Å²) in [4.78, 5) is 19.3. The molecule has 3 heterocycles. The number of hydrogen-bond donors (Lipinski definition) is 0. The fourth-order valence-electron chi connectivity index (χ4n) is 5.25. The van der Waals surface area contributed by atoms with Gasteiger partial charge in [0.05, 0.1) is 5.60 Å². The summed E-state index contributed by atoms with van der Waals surface area (Å²) in [6, 6.07) is 0. The van der Waals surface area contributed by atoms with Gasteiger partial charge in [0.15, 0.2) is 5.82 Å². The van der Waals surface area contributed by atoms with E-state index in [1.807, 2.05) is 0 Å². The van der Waals surface area contributed by atoms with E-state index in [-0.39, 0.29) is 11.5 Å². The minimum atomic E-state index is -0.0579. The third-order valence-corrected chi connectivity index (χ3v) is 7.01. The van der Waals surface area contributed by atoms with Crippen molar-refractivity contribution in [2.75, 3.05) is 19.7 Å². The predicted molar refractivity (Wildman–Crippen MR) is 106 cm³/mol. The van der Waals surface area contributed by atoms with E-state index >= 15 is 0 Å². The topological polar surface area (TPSA) is 68.5 Å². The lowest BCUT2D eigenvalue weighted by atomic mass is 9.78. The maximum Gasteiger partial charge on any atom is 0.229 e. The number of carbonyl (C=O) groups is 1. The lowest BCUT2D eigenvalue weighted by Gasteiger charge is -2.46. The van der Waals surface area contributed by atoms with E-state index in [1.54, 1.807) is 0 Å². The summed E-state index contributed by atoms with van der Waals surface area (Å²) in [5.41, 5.74) is -0.0579. The normalized spacial score (nSPS) is 25.7. The van der Waals surface area contributed by atoms with Gasteiger partial charge >= 0.3 is 0 Å². The second kappa shape index (κ2) is 8.52. The molecule has 1 aromatic rings. The number of amides is 1. The minimum absolute atomic E-state index is 0.0579. The first kappa shape index (κ1) is 19.9. The molecule has 1 aliphatic carbocycles. The summed E-state index contributed by atoms with van der Waals surface area (Å²) in [6.07, 6.45) is 10.7. The van der Waals surface area contributed by atoms with Crippen molar-refractivity contribution >= 4 is 5.91 Å². The number of ether oxygens (including phenoxy) is 1. The van der Waals surface area contributed by atoms with E-state index in [4.69, 9.17) is 9.26 Å². The van der Waals surface area contributed by atoms with Crippen LogP contribution in [0.5, 0.6) is 0 Å². The van der Waals surface area contributed by atoms with Gasteiger partial charge in [0.1, 0.15) is 0 Å². The Kier molecular flexibility index (Phi) is 6.04. The summed E-state index contributed by atoms with van der Waals surface area (Å²) in [6.45, 7) is 6.64. The molecule has 3 fully saturated rings. The third-order valence-electron chi connectivity index (χ3n) is 7.01. The van der Waals surface area contributed by atoms with Crippen LogP contribution < -0.4 is 0 Å². The van der Waals surface area contributed by atoms with Crippen LogP contribution in [-0.2, 0) is 16.0 Å². The van der Waals surface area contributed by atoms with Crippen molar-refractivity contribution in [2.45, 2.75) is 89.6 Å². The Bertz CT molecular complexity index is 658. The van der Waals surface area contributed by atoms with Gasteiger partial charge in [0, 0.05) is 38.5 Å². The van der Waals surface area contributed by atoms with E-state index in [0.29, 0.717) is 17.7 Å². The van der Waals surface area contributed by atoms with E-state index in [2.05, 4.69) is 28.9 Å². The van der Waals surface area contributed by atoms with Gasteiger partial charge in [0.25, 0.3) is 0 Å². The summed E-state index contributed by atoms with van der Waals surface area (Å²) >= 11 is 0. The molecule has 0 aromatic carbocycles. The number of piperidine rings is 1. The van der Waals surface area contributed by atoms with Crippen molar-refractivity contribution in [3.63, 3.8) is 0 Å². The predicted octanol–water partition coefficient (Wildman–Crippen LogP) is 4.10. The van der Waals surface area contributed by atoms with Gasteiger partial charge in [-0.3, -0.25) is 4.79 Å². The zero-order valence-electron chi connectivity index (χ0n) is 17.5. The number of rotatable bonds is 5. The third kappa shape index (κ3) is 4.58. The number of carbonyl (C=O) groups excluding carboxylic acids is 1. The first-order chi connectivity index (χ1) is 13.5. The van der Waals surface area contributed by atoms with Gasteiger partial charge in [-0.15, -0.1) is 0 Å². The van der Waals surface area contributed by atoms with E-state index in [0.717, 1.165) is 69.9 Å². The minimum Gasteiger partial charge on any atom is -0.375 e. The molecule has 156 valence electrons. The van der Waals surface area contributed by atoms with Gasteiger partial charge in [0.2, 0.25) is 11.8 Å². The molecule has 4 rings (SSSR count). The SMILES string of the molecule is CC(C)c1nc(CC2CCOC3(CCN(C(=O)CC4CCCC4)CC3)C2)no1. The first-order valence-corrected chi connectivity index (χ1v) is 11.3.